The van der Waals surface area contributed by atoms with Gasteiger partial charge in [0.1, 0.15) is 18.1 Å². The van der Waals surface area contributed by atoms with Crippen LogP contribution in [0.5, 0.6) is 0 Å². The number of nitrogens with zero attached hydrogens (tertiary/aromatic N) is 2. The van der Waals surface area contributed by atoms with Crippen molar-refractivity contribution in [3.05, 3.63) is 75.8 Å². The van der Waals surface area contributed by atoms with Gasteiger partial charge in [0, 0.05) is 36.1 Å². The Kier molecular flexibility index (Phi) is 7.73. The number of hydrogen-bond acceptors (Lipinski definition) is 8. The fourth-order valence-electron chi connectivity index (χ4n) is 4.11. The maximum absolute atomic E-state index is 12.9. The van der Waals surface area contributed by atoms with Gasteiger partial charge in [0.15, 0.2) is 0 Å². The van der Waals surface area contributed by atoms with E-state index in [2.05, 4.69) is 10.2 Å². The van der Waals surface area contributed by atoms with E-state index in [1.807, 2.05) is 12.1 Å². The van der Waals surface area contributed by atoms with Crippen molar-refractivity contribution in [1.82, 2.24) is 4.90 Å². The van der Waals surface area contributed by atoms with Gasteiger partial charge in [0.05, 0.1) is 28.7 Å². The molecule has 0 bridgehead atoms. The summed E-state index contributed by atoms with van der Waals surface area (Å²) in [6, 6.07) is 14.7. The molecule has 2 aromatic carbocycles. The molecule has 0 spiro atoms. The Labute approximate surface area is 232 Å². The largest absolute Gasteiger partial charge is 0.478 e. The highest BCUT2D eigenvalue weighted by Gasteiger charge is 2.36. The molecule has 12 heteroatoms. The summed E-state index contributed by atoms with van der Waals surface area (Å²) in [5, 5.41) is 11.7. The van der Waals surface area contributed by atoms with E-state index in [4.69, 9.17) is 20.8 Å². The van der Waals surface area contributed by atoms with Crippen molar-refractivity contribution in [3.63, 3.8) is 0 Å². The molecule has 5 rings (SSSR count). The second-order valence-electron chi connectivity index (χ2n) is 8.66. The number of carboxylic acids is 1. The molecule has 0 atom stereocenters. The first-order valence-electron chi connectivity index (χ1n) is 11.9. The fourth-order valence-corrected chi connectivity index (χ4v) is 5.14. The van der Waals surface area contributed by atoms with Crippen LogP contribution in [-0.2, 0) is 14.3 Å². The number of carboxylic acid groups (broad SMARTS) is 1. The van der Waals surface area contributed by atoms with Crippen LogP contribution in [0.1, 0.15) is 16.1 Å². The van der Waals surface area contributed by atoms with Crippen molar-refractivity contribution < 1.29 is 33.4 Å². The summed E-state index contributed by atoms with van der Waals surface area (Å²) in [6.07, 6.45) is 1.39. The SMILES string of the molecule is O=C(CN1C(=O)S/C(=C\c2ccc(-c3cc(C(=O)O)ccc3Cl)o2)C1=O)Nc1ccc(N2CCOCC2)cc1. The number of amides is 3. The van der Waals surface area contributed by atoms with E-state index in [9.17, 15) is 24.3 Å². The van der Waals surface area contributed by atoms with Crippen LogP contribution >= 0.6 is 23.4 Å². The monoisotopic (exact) mass is 567 g/mol. The summed E-state index contributed by atoms with van der Waals surface area (Å²) in [5.74, 6) is -1.68. The molecule has 2 aliphatic heterocycles. The summed E-state index contributed by atoms with van der Waals surface area (Å²) in [6.45, 7) is 2.49. The van der Waals surface area contributed by atoms with Crippen LogP contribution in [0.15, 0.2) is 63.9 Å². The average molecular weight is 568 g/mol. The maximum atomic E-state index is 12.9. The molecule has 2 fully saturated rings. The van der Waals surface area contributed by atoms with E-state index in [0.29, 0.717) is 47.0 Å². The maximum Gasteiger partial charge on any atom is 0.335 e. The Morgan fingerprint density at radius 2 is 1.79 bits per heavy atom. The van der Waals surface area contributed by atoms with Gasteiger partial charge in [-0.2, -0.15) is 0 Å². The highest BCUT2D eigenvalue weighted by atomic mass is 35.5. The number of benzene rings is 2. The molecule has 3 amide bonds. The standard InChI is InChI=1S/C27H22ClN3O7S/c28-21-7-1-16(26(34)35)13-20(21)22-8-6-19(38-22)14-23-25(33)31(27(36)39-23)15-24(32)29-17-2-4-18(5-3-17)30-9-11-37-12-10-30/h1-8,13-14H,9-12,15H2,(H,29,32)(H,34,35)/b23-14-. The molecular formula is C27H22ClN3O7S. The third-order valence-electron chi connectivity index (χ3n) is 6.08. The number of carbonyl (C=O) groups is 4. The summed E-state index contributed by atoms with van der Waals surface area (Å²) in [5.41, 5.74) is 1.98. The normalized spacial score (nSPS) is 16.7. The number of ether oxygens (including phenoxy) is 1. The number of morpholine rings is 1. The summed E-state index contributed by atoms with van der Waals surface area (Å²) in [7, 11) is 0. The van der Waals surface area contributed by atoms with Crippen molar-refractivity contribution in [2.45, 2.75) is 0 Å². The van der Waals surface area contributed by atoms with E-state index < -0.39 is 29.6 Å². The van der Waals surface area contributed by atoms with Gasteiger partial charge in [-0.05, 0) is 66.4 Å². The average Bonchev–Trinajstić information content (AvgIpc) is 3.49. The van der Waals surface area contributed by atoms with Crippen molar-refractivity contribution in [3.8, 4) is 11.3 Å². The van der Waals surface area contributed by atoms with Crippen LogP contribution in [0.4, 0.5) is 16.2 Å². The van der Waals surface area contributed by atoms with Gasteiger partial charge in [-0.15, -0.1) is 0 Å². The minimum absolute atomic E-state index is 0.0415. The molecule has 0 radical (unpaired) electrons. The molecule has 0 aliphatic carbocycles. The van der Waals surface area contributed by atoms with Gasteiger partial charge in [-0.1, -0.05) is 11.6 Å². The number of carbonyl (C=O) groups excluding carboxylic acids is 3. The summed E-state index contributed by atoms with van der Waals surface area (Å²) >= 11 is 6.90. The highest BCUT2D eigenvalue weighted by Crippen LogP contribution is 2.35. The molecule has 0 saturated carbocycles. The predicted octanol–water partition coefficient (Wildman–Crippen LogP) is 4.81. The zero-order valence-corrected chi connectivity index (χ0v) is 22.0. The van der Waals surface area contributed by atoms with E-state index in [1.165, 1.54) is 24.3 Å². The Morgan fingerprint density at radius 3 is 2.51 bits per heavy atom. The minimum Gasteiger partial charge on any atom is -0.478 e. The Morgan fingerprint density at radius 1 is 1.05 bits per heavy atom. The zero-order valence-electron chi connectivity index (χ0n) is 20.4. The summed E-state index contributed by atoms with van der Waals surface area (Å²) in [4.78, 5) is 52.4. The van der Waals surface area contributed by atoms with Crippen molar-refractivity contribution in [2.24, 2.45) is 0 Å². The molecule has 0 unspecified atom stereocenters. The van der Waals surface area contributed by atoms with Crippen LogP contribution in [0, 0.1) is 0 Å². The molecule has 2 saturated heterocycles. The number of halogens is 1. The number of thioether (sulfide) groups is 1. The van der Waals surface area contributed by atoms with Gasteiger partial charge < -0.3 is 24.5 Å². The Bertz CT molecular complexity index is 1480. The molecular weight excluding hydrogens is 546 g/mol. The van der Waals surface area contributed by atoms with Gasteiger partial charge in [-0.3, -0.25) is 19.3 Å². The molecule has 3 aromatic rings. The fraction of sp³-hybridized carbons (Fsp3) is 0.185. The van der Waals surface area contributed by atoms with Crippen LogP contribution < -0.4 is 10.2 Å². The lowest BCUT2D eigenvalue weighted by molar-refractivity contribution is -0.127. The van der Waals surface area contributed by atoms with Crippen molar-refractivity contribution in [1.29, 1.82) is 0 Å². The molecule has 2 aliphatic rings. The summed E-state index contributed by atoms with van der Waals surface area (Å²) < 4.78 is 11.1. The number of aromatic carboxylic acids is 1. The first kappa shape index (κ1) is 26.5. The zero-order chi connectivity index (χ0) is 27.5. The molecule has 200 valence electrons. The number of imide groups is 1. The molecule has 39 heavy (non-hydrogen) atoms. The lowest BCUT2D eigenvalue weighted by Crippen LogP contribution is -2.36. The van der Waals surface area contributed by atoms with Crippen LogP contribution in [0.3, 0.4) is 0 Å². The van der Waals surface area contributed by atoms with Gasteiger partial charge in [0.25, 0.3) is 11.1 Å². The number of anilines is 2. The second kappa shape index (κ2) is 11.4. The second-order valence-corrected chi connectivity index (χ2v) is 10.1. The highest BCUT2D eigenvalue weighted by molar-refractivity contribution is 8.18. The van der Waals surface area contributed by atoms with Gasteiger partial charge in [0.2, 0.25) is 5.91 Å². The minimum atomic E-state index is -1.11. The third-order valence-corrected chi connectivity index (χ3v) is 7.32. The topological polar surface area (TPSA) is 129 Å². The van der Waals surface area contributed by atoms with E-state index >= 15 is 0 Å². The molecule has 10 nitrogen and oxygen atoms in total. The third kappa shape index (κ3) is 6.00. The van der Waals surface area contributed by atoms with E-state index in [1.54, 1.807) is 24.3 Å². The Balaban J connectivity index is 1.23. The number of rotatable bonds is 7. The first-order valence-corrected chi connectivity index (χ1v) is 13.1. The number of furan rings is 1. The lowest BCUT2D eigenvalue weighted by atomic mass is 10.1. The van der Waals surface area contributed by atoms with Gasteiger partial charge >= 0.3 is 5.97 Å². The van der Waals surface area contributed by atoms with Crippen LogP contribution in [-0.4, -0.2) is 65.9 Å². The van der Waals surface area contributed by atoms with Gasteiger partial charge in [-0.25, -0.2) is 4.79 Å². The first-order chi connectivity index (χ1) is 18.8. The number of hydrogen-bond donors (Lipinski definition) is 2. The molecule has 3 heterocycles. The number of nitrogens with one attached hydrogen (secondary N) is 1. The quantitative estimate of drug-likeness (QED) is 0.386. The smallest absolute Gasteiger partial charge is 0.335 e. The molecule has 1 aromatic heterocycles. The van der Waals surface area contributed by atoms with E-state index in [0.717, 1.165) is 23.7 Å². The Hall–Kier alpha value is -4.06. The predicted molar refractivity (Wildman–Crippen MR) is 147 cm³/mol. The van der Waals surface area contributed by atoms with E-state index in [-0.39, 0.29) is 16.2 Å². The van der Waals surface area contributed by atoms with Crippen molar-refractivity contribution in [2.75, 3.05) is 43.1 Å². The van der Waals surface area contributed by atoms with Crippen LogP contribution in [0.2, 0.25) is 5.02 Å². The van der Waals surface area contributed by atoms with Crippen LogP contribution in [0.25, 0.3) is 17.4 Å². The van der Waals surface area contributed by atoms with Crippen molar-refractivity contribution >= 4 is 63.8 Å². The lowest BCUT2D eigenvalue weighted by Gasteiger charge is -2.28. The molecule has 2 N–H and O–H groups in total.